The average molecular weight is 560 g/mol. The molecule has 4 atom stereocenters. The van der Waals surface area contributed by atoms with Crippen molar-refractivity contribution in [2.45, 2.75) is 53.6 Å². The van der Waals surface area contributed by atoms with Gasteiger partial charge >= 0.3 is 5.97 Å². The summed E-state index contributed by atoms with van der Waals surface area (Å²) in [6.45, 7) is 0. The lowest BCUT2D eigenvalue weighted by Gasteiger charge is -2.42. The van der Waals surface area contributed by atoms with Crippen LogP contribution in [-0.2, 0) is 19.4 Å². The molecule has 198 valence electrons. The van der Waals surface area contributed by atoms with Crippen LogP contribution in [0, 0.1) is 29.3 Å². The fourth-order valence-corrected chi connectivity index (χ4v) is 8.80. The average Bonchev–Trinajstić information content (AvgIpc) is 3.23. The molecule has 3 N–H and O–H groups in total. The normalized spacial score (nSPS) is 31.0. The van der Waals surface area contributed by atoms with E-state index >= 15 is 0 Å². The van der Waals surface area contributed by atoms with Crippen molar-refractivity contribution in [1.82, 2.24) is 0 Å². The van der Waals surface area contributed by atoms with E-state index in [9.17, 15) is 41.4 Å². The highest BCUT2D eigenvalue weighted by molar-refractivity contribution is 7.92. The molecule has 2 aliphatic carbocycles. The molecule has 1 heterocycles. The lowest BCUT2D eigenvalue weighted by molar-refractivity contribution is -0.158. The summed E-state index contributed by atoms with van der Waals surface area (Å²) in [6.07, 6.45) is -2.12. The summed E-state index contributed by atoms with van der Waals surface area (Å²) in [4.78, 5) is 24.2. The monoisotopic (exact) mass is 559 g/mol. The van der Waals surface area contributed by atoms with Crippen molar-refractivity contribution in [1.29, 1.82) is 0 Å². The number of aliphatic hydroxyl groups is 2. The first-order valence-electron chi connectivity index (χ1n) is 11.4. The topological polar surface area (TPSA) is 130 Å². The van der Waals surface area contributed by atoms with Crippen LogP contribution in [0.5, 0.6) is 0 Å². The minimum Gasteiger partial charge on any atom is -0.454 e. The molecule has 0 aromatic heterocycles. The molecule has 2 bridgehead atoms. The Morgan fingerprint density at radius 2 is 1.65 bits per heavy atom. The zero-order valence-electron chi connectivity index (χ0n) is 19.0. The zero-order chi connectivity index (χ0) is 26.9. The second kappa shape index (κ2) is 8.97. The third-order valence-corrected chi connectivity index (χ3v) is 10.4. The van der Waals surface area contributed by atoms with Gasteiger partial charge in [0.1, 0.15) is 11.7 Å². The van der Waals surface area contributed by atoms with Crippen LogP contribution in [0.15, 0.2) is 35.2 Å². The van der Waals surface area contributed by atoms with E-state index < -0.39 is 74.1 Å². The van der Waals surface area contributed by atoms with Gasteiger partial charge in [0, 0.05) is 23.4 Å². The van der Waals surface area contributed by atoms with E-state index in [4.69, 9.17) is 16.3 Å². The third kappa shape index (κ3) is 4.19. The smallest absolute Gasteiger partial charge is 0.338 e. The van der Waals surface area contributed by atoms with E-state index in [-0.39, 0.29) is 34.0 Å². The molecule has 3 fully saturated rings. The van der Waals surface area contributed by atoms with E-state index in [0.29, 0.717) is 25.0 Å². The number of rotatable bonds is 4. The SMILES string of the molecule is O=C(Nc1cc(F)c(F)c(F)c1)c1ccc(Cl)c(S(=O)(=O)[C@H]2C3CCC2C[C@]2(C3)OC(=O)[C@@H](O)[C@@H]2O)c1. The minimum atomic E-state index is -4.13. The number of ether oxygens (including phenoxy) is 1. The third-order valence-electron chi connectivity index (χ3n) is 7.54. The van der Waals surface area contributed by atoms with Gasteiger partial charge in [-0.25, -0.2) is 26.4 Å². The summed E-state index contributed by atoms with van der Waals surface area (Å²) in [7, 11) is -4.13. The van der Waals surface area contributed by atoms with Crippen LogP contribution in [0.2, 0.25) is 5.02 Å². The van der Waals surface area contributed by atoms with Crippen molar-refractivity contribution in [3.63, 3.8) is 0 Å². The first-order valence-corrected chi connectivity index (χ1v) is 13.3. The number of esters is 1. The Balaban J connectivity index is 1.42. The Kier molecular flexibility index (Phi) is 6.29. The molecule has 1 amide bonds. The summed E-state index contributed by atoms with van der Waals surface area (Å²) < 4.78 is 73.1. The van der Waals surface area contributed by atoms with Crippen molar-refractivity contribution in [3.05, 3.63) is 58.4 Å². The maximum absolute atomic E-state index is 13.8. The van der Waals surface area contributed by atoms with Crippen LogP contribution < -0.4 is 5.32 Å². The number of fused-ring (bicyclic) bond motifs is 2. The highest BCUT2D eigenvalue weighted by Crippen LogP contribution is 2.55. The number of nitrogens with one attached hydrogen (secondary N) is 1. The Labute approximate surface area is 214 Å². The van der Waals surface area contributed by atoms with Crippen LogP contribution in [0.1, 0.15) is 36.0 Å². The second-order valence-electron chi connectivity index (χ2n) is 9.74. The first-order chi connectivity index (χ1) is 17.3. The molecule has 37 heavy (non-hydrogen) atoms. The van der Waals surface area contributed by atoms with Gasteiger partial charge in [0.05, 0.1) is 15.2 Å². The second-order valence-corrected chi connectivity index (χ2v) is 12.2. The number of aliphatic hydroxyl groups excluding tert-OH is 2. The molecule has 13 heteroatoms. The van der Waals surface area contributed by atoms with E-state index in [0.717, 1.165) is 6.07 Å². The number of amides is 1. The maximum atomic E-state index is 13.8. The number of sulfone groups is 1. The number of hydrogen-bond acceptors (Lipinski definition) is 7. The highest BCUT2D eigenvalue weighted by atomic mass is 35.5. The number of halogens is 4. The van der Waals surface area contributed by atoms with Crippen LogP contribution in [-0.4, -0.2) is 53.6 Å². The van der Waals surface area contributed by atoms with Gasteiger partial charge in [-0.3, -0.25) is 4.79 Å². The van der Waals surface area contributed by atoms with Crippen LogP contribution in [0.4, 0.5) is 18.9 Å². The quantitative estimate of drug-likeness (QED) is 0.388. The van der Waals surface area contributed by atoms with Crippen molar-refractivity contribution in [2.24, 2.45) is 11.8 Å². The number of hydrogen-bond donors (Lipinski definition) is 3. The van der Waals surface area contributed by atoms with Gasteiger partial charge in [-0.15, -0.1) is 0 Å². The van der Waals surface area contributed by atoms with Crippen molar-refractivity contribution < 1.29 is 46.1 Å². The standard InChI is InChI=1S/C24H21ClF3NO7S/c25-14-4-3-10(22(32)29-13-6-15(26)18(28)16(27)7-13)5-17(14)37(34,35)20-11-1-2-12(20)9-24(8-11)21(31)19(30)23(33)36-24/h3-7,11-12,19-21,30-31H,1-2,8-9H2,(H,29,32)/t11?,12?,19-,20-,21-,24-/m0/s1. The summed E-state index contributed by atoms with van der Waals surface area (Å²) in [5, 5.41) is 21.5. The molecule has 2 aromatic rings. The van der Waals surface area contributed by atoms with E-state index in [2.05, 4.69) is 5.32 Å². The molecule has 0 radical (unpaired) electrons. The molecule has 5 rings (SSSR count). The van der Waals surface area contributed by atoms with Crippen LogP contribution in [0.25, 0.3) is 0 Å². The number of carbonyl (C=O) groups excluding carboxylic acids is 2. The molecule has 3 aliphatic rings. The molecule has 1 spiro atoms. The molecular weight excluding hydrogens is 539 g/mol. The number of benzene rings is 2. The number of anilines is 1. The Morgan fingerprint density at radius 1 is 1.05 bits per heavy atom. The number of carbonyl (C=O) groups is 2. The Hall–Kier alpha value is -2.67. The molecule has 1 saturated heterocycles. The van der Waals surface area contributed by atoms with Crippen LogP contribution in [0.3, 0.4) is 0 Å². The van der Waals surface area contributed by atoms with Gasteiger partial charge in [0.15, 0.2) is 33.4 Å². The molecule has 1 aliphatic heterocycles. The van der Waals surface area contributed by atoms with Crippen molar-refractivity contribution in [2.75, 3.05) is 5.32 Å². The van der Waals surface area contributed by atoms with Gasteiger partial charge in [-0.05, 0) is 55.7 Å². The van der Waals surface area contributed by atoms with Gasteiger partial charge in [0.2, 0.25) is 0 Å². The molecule has 2 saturated carbocycles. The summed E-state index contributed by atoms with van der Waals surface area (Å²) in [6, 6.07) is 4.66. The summed E-state index contributed by atoms with van der Waals surface area (Å²) in [5.74, 6) is -7.58. The van der Waals surface area contributed by atoms with Gasteiger partial charge in [0.25, 0.3) is 5.91 Å². The first kappa shape index (κ1) is 26.0. The molecule has 8 nitrogen and oxygen atoms in total. The van der Waals surface area contributed by atoms with Gasteiger partial charge in [-0.2, -0.15) is 0 Å². The Morgan fingerprint density at radius 3 is 2.19 bits per heavy atom. The lowest BCUT2D eigenvalue weighted by Crippen LogP contribution is -2.52. The molecule has 2 unspecified atom stereocenters. The minimum absolute atomic E-state index is 0.0385. The predicted octanol–water partition coefficient (Wildman–Crippen LogP) is 2.99. The highest BCUT2D eigenvalue weighted by Gasteiger charge is 2.63. The van der Waals surface area contributed by atoms with Gasteiger partial charge < -0.3 is 20.3 Å². The van der Waals surface area contributed by atoms with Gasteiger partial charge in [-0.1, -0.05) is 11.6 Å². The van der Waals surface area contributed by atoms with E-state index in [1.807, 2.05) is 0 Å². The zero-order valence-corrected chi connectivity index (χ0v) is 20.5. The Bertz CT molecular complexity index is 1380. The van der Waals surface area contributed by atoms with E-state index in [1.54, 1.807) is 0 Å². The lowest BCUT2D eigenvalue weighted by atomic mass is 9.74. The van der Waals surface area contributed by atoms with Crippen LogP contribution >= 0.6 is 11.6 Å². The fraction of sp³-hybridized carbons (Fsp3) is 0.417. The maximum Gasteiger partial charge on any atom is 0.338 e. The van der Waals surface area contributed by atoms with Crippen molar-refractivity contribution in [3.8, 4) is 0 Å². The molecule has 2 aromatic carbocycles. The summed E-state index contributed by atoms with van der Waals surface area (Å²) >= 11 is 6.23. The van der Waals surface area contributed by atoms with Crippen molar-refractivity contribution >= 4 is 39.0 Å². The fourth-order valence-electron chi connectivity index (χ4n) is 5.96. The molecular formula is C24H21ClF3NO7S. The summed E-state index contributed by atoms with van der Waals surface area (Å²) in [5.41, 5.74) is -1.90. The predicted molar refractivity (Wildman–Crippen MR) is 123 cm³/mol. The largest absolute Gasteiger partial charge is 0.454 e. The van der Waals surface area contributed by atoms with E-state index in [1.165, 1.54) is 12.1 Å².